The van der Waals surface area contributed by atoms with Gasteiger partial charge in [0.2, 0.25) is 41.4 Å². The highest BCUT2D eigenvalue weighted by Crippen LogP contribution is 2.12. The van der Waals surface area contributed by atoms with E-state index >= 15 is 0 Å². The summed E-state index contributed by atoms with van der Waals surface area (Å²) in [7, 11) is 0. The summed E-state index contributed by atoms with van der Waals surface area (Å²) >= 11 is 0. The number of nitrogens with one attached hydrogen (secondary N) is 7. The predicted molar refractivity (Wildman–Crippen MR) is 210 cm³/mol. The summed E-state index contributed by atoms with van der Waals surface area (Å²) in [4.78, 5) is 107. The van der Waals surface area contributed by atoms with E-state index in [1.165, 1.54) is 13.8 Å². The lowest BCUT2D eigenvalue weighted by Gasteiger charge is -2.30. The summed E-state index contributed by atoms with van der Waals surface area (Å²) in [5, 5.41) is 55.4. The van der Waals surface area contributed by atoms with Crippen LogP contribution in [0.25, 0.3) is 0 Å². The highest BCUT2D eigenvalue weighted by atomic mass is 16.4. The zero-order valence-corrected chi connectivity index (χ0v) is 34.2. The molecule has 10 atom stereocenters. The van der Waals surface area contributed by atoms with E-state index in [-0.39, 0.29) is 37.7 Å². The maximum atomic E-state index is 13.8. The lowest BCUT2D eigenvalue weighted by molar-refractivity contribution is -0.143. The van der Waals surface area contributed by atoms with Crippen LogP contribution in [0.1, 0.15) is 80.6 Å². The van der Waals surface area contributed by atoms with Crippen molar-refractivity contribution in [2.45, 2.75) is 135 Å². The summed E-state index contributed by atoms with van der Waals surface area (Å²) < 4.78 is 0. The van der Waals surface area contributed by atoms with E-state index in [1.807, 2.05) is 5.32 Å². The molecule has 7 amide bonds. The molecule has 0 aliphatic carbocycles. The Balaban J connectivity index is 6.05. The van der Waals surface area contributed by atoms with Crippen LogP contribution in [0.5, 0.6) is 0 Å². The molecule has 0 aliphatic rings. The number of carboxylic acid groups (broad SMARTS) is 1. The number of carboxylic acids is 1. The first-order valence-corrected chi connectivity index (χ1v) is 19.1. The standard InChI is InChI=1S/C35H65N11O12/c1-8-11-20(43-31(54)24(36)27(50)16(3)4)29(52)42-21(12-10-13-39-35(37)38)30(53)45-25(17(5)9-2)33(56)46-26(19(7)48)32(55)40-14-23(49)41-18(6)28(51)44-22(15-47)34(57)58/h16-22,24-27,47-48,50H,8-15,36H2,1-7H3,(H,40,55)(H,41,49)(H,42,52)(H,43,54)(H,44,51)(H,45,53)(H,46,56)(H,57,58)(H4,37,38,39)/t17-,18-,19-,20-,21+,22-,24-,25-,26-,27+/m0/s1. The molecule has 0 radical (unpaired) electrons. The fourth-order valence-electron chi connectivity index (χ4n) is 5.16. The van der Waals surface area contributed by atoms with Gasteiger partial charge in [0.05, 0.1) is 25.4 Å². The maximum Gasteiger partial charge on any atom is 0.328 e. The van der Waals surface area contributed by atoms with Crippen LogP contribution in [-0.2, 0) is 38.4 Å². The normalized spacial score (nSPS) is 16.3. The fourth-order valence-corrected chi connectivity index (χ4v) is 5.16. The van der Waals surface area contributed by atoms with E-state index in [0.717, 1.165) is 0 Å². The van der Waals surface area contributed by atoms with Gasteiger partial charge >= 0.3 is 5.97 Å². The Morgan fingerprint density at radius 1 is 0.672 bits per heavy atom. The average molecular weight is 832 g/mol. The molecule has 332 valence electrons. The van der Waals surface area contributed by atoms with Gasteiger partial charge < -0.3 is 74.8 Å². The van der Waals surface area contributed by atoms with Crippen molar-refractivity contribution in [3.05, 3.63) is 0 Å². The number of nitrogens with two attached hydrogens (primary N) is 3. The smallest absolute Gasteiger partial charge is 0.328 e. The quantitative estimate of drug-likeness (QED) is 0.0209. The highest BCUT2D eigenvalue weighted by Gasteiger charge is 2.35. The van der Waals surface area contributed by atoms with E-state index < -0.39 is 121 Å². The number of carbonyl (C=O) groups is 8. The van der Waals surface area contributed by atoms with Crippen LogP contribution in [0.4, 0.5) is 0 Å². The average Bonchev–Trinajstić information content (AvgIpc) is 3.15. The van der Waals surface area contributed by atoms with E-state index in [1.54, 1.807) is 34.6 Å². The van der Waals surface area contributed by atoms with Gasteiger partial charge in [0.25, 0.3) is 0 Å². The molecule has 0 rings (SSSR count). The van der Waals surface area contributed by atoms with Crippen molar-refractivity contribution in [2.24, 2.45) is 34.0 Å². The summed E-state index contributed by atoms with van der Waals surface area (Å²) in [6.45, 7) is 9.35. The largest absolute Gasteiger partial charge is 0.480 e. The van der Waals surface area contributed by atoms with Gasteiger partial charge in [-0.15, -0.1) is 0 Å². The van der Waals surface area contributed by atoms with Gasteiger partial charge in [0.15, 0.2) is 5.96 Å². The minimum Gasteiger partial charge on any atom is -0.480 e. The molecule has 23 heteroatoms. The van der Waals surface area contributed by atoms with Gasteiger partial charge in [-0.2, -0.15) is 0 Å². The number of nitrogens with zero attached hydrogens (tertiary/aromatic N) is 1. The number of aliphatic carboxylic acids is 1. The molecule has 0 fully saturated rings. The Kier molecular flexibility index (Phi) is 24.4. The summed E-state index contributed by atoms with van der Waals surface area (Å²) in [5.74, 6) is -8.67. The first-order chi connectivity index (χ1) is 27.0. The zero-order chi connectivity index (χ0) is 44.9. The van der Waals surface area contributed by atoms with Crippen molar-refractivity contribution >= 4 is 53.3 Å². The zero-order valence-electron chi connectivity index (χ0n) is 34.2. The predicted octanol–water partition coefficient (Wildman–Crippen LogP) is -5.27. The molecule has 0 aromatic heterocycles. The Labute approximate surface area is 337 Å². The second-order valence-electron chi connectivity index (χ2n) is 14.3. The summed E-state index contributed by atoms with van der Waals surface area (Å²) in [6, 6.07) is -9.61. The topological polar surface area (TPSA) is 392 Å². The van der Waals surface area contributed by atoms with Crippen LogP contribution < -0.4 is 54.4 Å². The van der Waals surface area contributed by atoms with Crippen molar-refractivity contribution in [3.63, 3.8) is 0 Å². The van der Waals surface area contributed by atoms with E-state index in [4.69, 9.17) is 27.4 Å². The Bertz CT molecular complexity index is 1430. The second-order valence-corrected chi connectivity index (χ2v) is 14.3. The Morgan fingerprint density at radius 3 is 1.71 bits per heavy atom. The molecule has 17 N–H and O–H groups in total. The van der Waals surface area contributed by atoms with Crippen molar-refractivity contribution in [1.82, 2.24) is 37.2 Å². The van der Waals surface area contributed by atoms with Gasteiger partial charge in [0, 0.05) is 6.54 Å². The number of guanidine groups is 1. The molecule has 0 aliphatic heterocycles. The summed E-state index contributed by atoms with van der Waals surface area (Å²) in [5.41, 5.74) is 16.7. The lowest BCUT2D eigenvalue weighted by atomic mass is 9.96. The van der Waals surface area contributed by atoms with Crippen LogP contribution in [0.15, 0.2) is 4.99 Å². The van der Waals surface area contributed by atoms with E-state index in [0.29, 0.717) is 12.8 Å². The third kappa shape index (κ3) is 18.9. The van der Waals surface area contributed by atoms with Gasteiger partial charge in [-0.3, -0.25) is 38.6 Å². The minimum absolute atomic E-state index is 0.0236. The van der Waals surface area contributed by atoms with Gasteiger partial charge in [-0.1, -0.05) is 47.5 Å². The number of aliphatic imine (C=N–C) groups is 1. The number of rotatable bonds is 27. The third-order valence-electron chi connectivity index (χ3n) is 8.99. The number of hydrogen-bond donors (Lipinski definition) is 14. The van der Waals surface area contributed by atoms with E-state index in [9.17, 15) is 48.6 Å². The SMILES string of the molecule is CCC[C@H](NC(=O)[C@@H](N)[C@H](O)C(C)C)C(=O)N[C@H](CCCN=C(N)N)C(=O)N[C@H](C(=O)N[C@H](C(=O)NCC(=O)N[C@@H](C)C(=O)N[C@@H](CO)C(=O)O)[C@H](C)O)[C@@H](C)CC. The number of carbonyl (C=O) groups excluding carboxylic acids is 7. The maximum absolute atomic E-state index is 13.8. The number of amides is 7. The molecule has 0 heterocycles. The summed E-state index contributed by atoms with van der Waals surface area (Å²) in [6.07, 6.45) is -1.60. The minimum atomic E-state index is -1.64. The fraction of sp³-hybridized carbons (Fsp3) is 0.743. The van der Waals surface area contributed by atoms with Crippen LogP contribution >= 0.6 is 0 Å². The van der Waals surface area contributed by atoms with Crippen LogP contribution in [0.2, 0.25) is 0 Å². The lowest BCUT2D eigenvalue weighted by Crippen LogP contribution is -2.61. The van der Waals surface area contributed by atoms with Crippen LogP contribution in [-0.4, -0.2) is 148 Å². The molecular formula is C35H65N11O12. The molecule has 0 unspecified atom stereocenters. The second kappa shape index (κ2) is 26.7. The van der Waals surface area contributed by atoms with Gasteiger partial charge in [-0.05, 0) is 44.9 Å². The Morgan fingerprint density at radius 2 is 1.21 bits per heavy atom. The van der Waals surface area contributed by atoms with Crippen molar-refractivity contribution in [1.29, 1.82) is 0 Å². The van der Waals surface area contributed by atoms with Crippen molar-refractivity contribution in [2.75, 3.05) is 19.7 Å². The first-order valence-electron chi connectivity index (χ1n) is 19.1. The van der Waals surface area contributed by atoms with Crippen molar-refractivity contribution < 1.29 is 58.8 Å². The molecular weight excluding hydrogens is 766 g/mol. The number of aliphatic hydroxyl groups excluding tert-OH is 3. The monoisotopic (exact) mass is 831 g/mol. The number of hydrogen-bond acceptors (Lipinski definition) is 13. The van der Waals surface area contributed by atoms with Crippen LogP contribution in [0.3, 0.4) is 0 Å². The Hall–Kier alpha value is -5.13. The molecule has 0 spiro atoms. The van der Waals surface area contributed by atoms with Crippen LogP contribution in [0, 0.1) is 11.8 Å². The van der Waals surface area contributed by atoms with Gasteiger partial charge in [-0.25, -0.2) is 4.79 Å². The third-order valence-corrected chi connectivity index (χ3v) is 8.99. The van der Waals surface area contributed by atoms with E-state index in [2.05, 4.69) is 36.9 Å². The molecule has 58 heavy (non-hydrogen) atoms. The molecule has 0 aromatic carbocycles. The molecule has 0 aromatic rings. The first kappa shape index (κ1) is 52.9. The molecule has 0 bridgehead atoms. The highest BCUT2D eigenvalue weighted by molar-refractivity contribution is 5.97. The molecule has 23 nitrogen and oxygen atoms in total. The molecule has 0 saturated carbocycles. The van der Waals surface area contributed by atoms with Gasteiger partial charge in [0.1, 0.15) is 42.3 Å². The number of aliphatic hydroxyl groups is 3. The molecule has 0 saturated heterocycles. The van der Waals surface area contributed by atoms with Crippen molar-refractivity contribution in [3.8, 4) is 0 Å².